The molecule has 3 rings (SSSR count). The predicted octanol–water partition coefficient (Wildman–Crippen LogP) is 3.75. The van der Waals surface area contributed by atoms with Crippen molar-refractivity contribution in [3.05, 3.63) is 77.9 Å². The van der Waals surface area contributed by atoms with E-state index in [4.69, 9.17) is 9.47 Å². The van der Waals surface area contributed by atoms with Crippen molar-refractivity contribution in [2.45, 2.75) is 13.5 Å². The van der Waals surface area contributed by atoms with Gasteiger partial charge in [0.1, 0.15) is 11.4 Å². The third kappa shape index (κ3) is 4.40. The molecule has 3 aromatic rings. The fourth-order valence-corrected chi connectivity index (χ4v) is 2.85. The minimum absolute atomic E-state index is 0.00733. The number of esters is 1. The quantitative estimate of drug-likeness (QED) is 0.501. The highest BCUT2D eigenvalue weighted by Crippen LogP contribution is 2.28. The molecule has 1 N–H and O–H groups in total. The minimum atomic E-state index is -0.474. The summed E-state index contributed by atoms with van der Waals surface area (Å²) in [6.45, 7) is 2.58. The van der Waals surface area contributed by atoms with Crippen LogP contribution in [0.25, 0.3) is 11.6 Å². The van der Waals surface area contributed by atoms with Crippen molar-refractivity contribution < 1.29 is 19.4 Å². The maximum Gasteiger partial charge on any atom is 0.341 e. The van der Waals surface area contributed by atoms with E-state index in [9.17, 15) is 9.90 Å². The summed E-state index contributed by atoms with van der Waals surface area (Å²) in [7, 11) is 1.48. The zero-order chi connectivity index (χ0) is 19.9. The maximum atomic E-state index is 12.6. The molecule has 0 atom stereocenters. The number of benzene rings is 2. The Morgan fingerprint density at radius 1 is 1.21 bits per heavy atom. The molecule has 0 bridgehead atoms. The fourth-order valence-electron chi connectivity index (χ4n) is 2.85. The number of nitrogens with zero attached hydrogens (tertiary/aromatic N) is 2. The molecule has 2 aromatic carbocycles. The number of aromatic hydroxyl groups is 1. The van der Waals surface area contributed by atoms with Crippen molar-refractivity contribution in [3.63, 3.8) is 0 Å². The number of hydrogen-bond acceptors (Lipinski definition) is 5. The summed E-state index contributed by atoms with van der Waals surface area (Å²) in [5.74, 6) is 0.378. The highest BCUT2D eigenvalue weighted by atomic mass is 16.5. The zero-order valence-corrected chi connectivity index (χ0v) is 15.8. The topological polar surface area (TPSA) is 73.6 Å². The van der Waals surface area contributed by atoms with Crippen LogP contribution in [0.5, 0.6) is 11.5 Å². The summed E-state index contributed by atoms with van der Waals surface area (Å²) in [6.07, 6.45) is 5.12. The molecule has 0 saturated carbocycles. The lowest BCUT2D eigenvalue weighted by Gasteiger charge is -2.11. The fraction of sp³-hybridized carbons (Fsp3) is 0.182. The van der Waals surface area contributed by atoms with Crippen LogP contribution in [-0.4, -0.2) is 34.3 Å². The van der Waals surface area contributed by atoms with Crippen LogP contribution in [0.15, 0.2) is 60.9 Å². The summed E-state index contributed by atoms with van der Waals surface area (Å²) in [4.78, 5) is 17.0. The molecule has 1 aromatic heterocycles. The van der Waals surface area contributed by atoms with E-state index in [-0.39, 0.29) is 12.4 Å². The molecule has 144 valence electrons. The minimum Gasteiger partial charge on any atom is -0.504 e. The number of ether oxygens (including phenoxy) is 2. The first-order chi connectivity index (χ1) is 13.6. The van der Waals surface area contributed by atoms with Gasteiger partial charge in [-0.15, -0.1) is 0 Å². The van der Waals surface area contributed by atoms with Gasteiger partial charge in [-0.25, -0.2) is 9.78 Å². The molecule has 0 fully saturated rings. The number of rotatable bonds is 7. The van der Waals surface area contributed by atoms with E-state index < -0.39 is 5.97 Å². The number of carbonyl (C=O) groups is 1. The van der Waals surface area contributed by atoms with Gasteiger partial charge in [-0.2, -0.15) is 0 Å². The molecule has 0 radical (unpaired) electrons. The molecule has 0 unspecified atom stereocenters. The Hall–Kier alpha value is -3.54. The molecular formula is C22H22N2O4. The van der Waals surface area contributed by atoms with Gasteiger partial charge in [0.25, 0.3) is 0 Å². The van der Waals surface area contributed by atoms with Crippen LogP contribution < -0.4 is 4.74 Å². The Balaban J connectivity index is 2.01. The van der Waals surface area contributed by atoms with Crippen LogP contribution in [0.2, 0.25) is 0 Å². The van der Waals surface area contributed by atoms with E-state index in [1.807, 2.05) is 41.1 Å². The Morgan fingerprint density at radius 2 is 2.00 bits per heavy atom. The number of hydrogen-bond donors (Lipinski definition) is 1. The van der Waals surface area contributed by atoms with E-state index in [0.29, 0.717) is 29.3 Å². The number of imidazole rings is 1. The first kappa shape index (κ1) is 19.2. The Bertz CT molecular complexity index is 977. The van der Waals surface area contributed by atoms with Crippen molar-refractivity contribution in [1.82, 2.24) is 9.55 Å². The summed E-state index contributed by atoms with van der Waals surface area (Å²) >= 11 is 0. The van der Waals surface area contributed by atoms with Crippen LogP contribution in [0.3, 0.4) is 0 Å². The largest absolute Gasteiger partial charge is 0.504 e. The van der Waals surface area contributed by atoms with Crippen molar-refractivity contribution in [3.8, 4) is 11.5 Å². The van der Waals surface area contributed by atoms with Crippen LogP contribution >= 0.6 is 0 Å². The van der Waals surface area contributed by atoms with Crippen LogP contribution in [0.4, 0.5) is 0 Å². The molecule has 0 saturated heterocycles. The standard InChI is InChI=1S/C22H22N2O4/c1-3-28-22(26)18(13-17-9-10-20(27-2)19(25)14-17)21-23-11-12-24(21)15-16-7-5-4-6-8-16/h4-14,25H,3,15H2,1-2H3/b18-13+. The lowest BCUT2D eigenvalue weighted by atomic mass is 10.1. The molecule has 6 nitrogen and oxygen atoms in total. The van der Waals surface area contributed by atoms with Gasteiger partial charge in [-0.3, -0.25) is 0 Å². The number of phenolic OH excluding ortho intramolecular Hbond substituents is 1. The monoisotopic (exact) mass is 378 g/mol. The lowest BCUT2D eigenvalue weighted by Crippen LogP contribution is -2.12. The van der Waals surface area contributed by atoms with E-state index in [1.54, 1.807) is 31.3 Å². The van der Waals surface area contributed by atoms with Gasteiger partial charge in [0.15, 0.2) is 11.5 Å². The van der Waals surface area contributed by atoms with Crippen molar-refractivity contribution in [2.24, 2.45) is 0 Å². The SMILES string of the molecule is CCOC(=O)/C(=C/c1ccc(OC)c(O)c1)c1nccn1Cc1ccccc1. The van der Waals surface area contributed by atoms with E-state index in [0.717, 1.165) is 5.56 Å². The van der Waals surface area contributed by atoms with Gasteiger partial charge in [0.05, 0.1) is 13.7 Å². The van der Waals surface area contributed by atoms with Gasteiger partial charge in [0, 0.05) is 18.9 Å². The number of aromatic nitrogens is 2. The second-order valence-electron chi connectivity index (χ2n) is 6.07. The normalized spacial score (nSPS) is 11.3. The summed E-state index contributed by atoms with van der Waals surface area (Å²) in [6, 6.07) is 14.8. The van der Waals surface area contributed by atoms with Crippen LogP contribution in [-0.2, 0) is 16.1 Å². The Labute approximate surface area is 163 Å². The third-order valence-corrected chi connectivity index (χ3v) is 4.16. The molecule has 1 heterocycles. The molecule has 0 spiro atoms. The number of phenols is 1. The first-order valence-corrected chi connectivity index (χ1v) is 8.93. The van der Waals surface area contributed by atoms with E-state index in [2.05, 4.69) is 4.98 Å². The molecule has 0 amide bonds. The van der Waals surface area contributed by atoms with Crippen molar-refractivity contribution in [2.75, 3.05) is 13.7 Å². The van der Waals surface area contributed by atoms with E-state index in [1.165, 1.54) is 13.2 Å². The smallest absolute Gasteiger partial charge is 0.341 e. The average molecular weight is 378 g/mol. The van der Waals surface area contributed by atoms with Gasteiger partial charge in [-0.1, -0.05) is 36.4 Å². The molecule has 0 aliphatic carbocycles. The van der Waals surface area contributed by atoms with Gasteiger partial charge in [-0.05, 0) is 36.3 Å². The molecule has 0 aliphatic rings. The van der Waals surface area contributed by atoms with Gasteiger partial charge < -0.3 is 19.1 Å². The van der Waals surface area contributed by atoms with Gasteiger partial charge in [0.2, 0.25) is 0 Å². The second-order valence-corrected chi connectivity index (χ2v) is 6.07. The second kappa shape index (κ2) is 8.90. The molecule has 28 heavy (non-hydrogen) atoms. The number of methoxy groups -OCH3 is 1. The number of carbonyl (C=O) groups excluding carboxylic acids is 1. The molecular weight excluding hydrogens is 356 g/mol. The molecule has 6 heteroatoms. The highest BCUT2D eigenvalue weighted by Gasteiger charge is 2.19. The van der Waals surface area contributed by atoms with Crippen molar-refractivity contribution in [1.29, 1.82) is 0 Å². The third-order valence-electron chi connectivity index (χ3n) is 4.16. The van der Waals surface area contributed by atoms with Crippen molar-refractivity contribution >= 4 is 17.6 Å². The summed E-state index contributed by atoms with van der Waals surface area (Å²) in [5.41, 5.74) is 2.04. The zero-order valence-electron chi connectivity index (χ0n) is 15.8. The van der Waals surface area contributed by atoms with Crippen LogP contribution in [0.1, 0.15) is 23.9 Å². The highest BCUT2D eigenvalue weighted by molar-refractivity contribution is 6.20. The first-order valence-electron chi connectivity index (χ1n) is 8.93. The maximum absolute atomic E-state index is 12.6. The van der Waals surface area contributed by atoms with Gasteiger partial charge >= 0.3 is 5.97 Å². The van der Waals surface area contributed by atoms with Crippen LogP contribution in [0, 0.1) is 0 Å². The van der Waals surface area contributed by atoms with E-state index >= 15 is 0 Å². The predicted molar refractivity (Wildman–Crippen MR) is 107 cm³/mol. The lowest BCUT2D eigenvalue weighted by molar-refractivity contribution is -0.136. The Kier molecular flexibility index (Phi) is 6.11. The summed E-state index contributed by atoms with van der Waals surface area (Å²) < 4.78 is 12.2. The summed E-state index contributed by atoms with van der Waals surface area (Å²) in [5, 5.41) is 10.0. The average Bonchev–Trinajstić information content (AvgIpc) is 3.15. The Morgan fingerprint density at radius 3 is 2.68 bits per heavy atom. The molecule has 0 aliphatic heterocycles.